The number of ether oxygens (including phenoxy) is 2. The van der Waals surface area contributed by atoms with Crippen molar-refractivity contribution in [1.82, 2.24) is 5.32 Å². The molecule has 1 aliphatic heterocycles. The van der Waals surface area contributed by atoms with Gasteiger partial charge in [-0.05, 0) is 12.8 Å². The van der Waals surface area contributed by atoms with Crippen LogP contribution in [0.15, 0.2) is 0 Å². The summed E-state index contributed by atoms with van der Waals surface area (Å²) in [5.74, 6) is 0. The summed E-state index contributed by atoms with van der Waals surface area (Å²) in [7, 11) is 0. The predicted octanol–water partition coefficient (Wildman–Crippen LogP) is 0.934. The molecule has 0 amide bonds. The second kappa shape index (κ2) is 4.94. The first-order chi connectivity index (χ1) is 6.45. The predicted molar refractivity (Wildman–Crippen MR) is 50.8 cm³/mol. The smallest absolute Gasteiger partial charge is 0.0933 e. The van der Waals surface area contributed by atoms with Crippen molar-refractivity contribution in [3.63, 3.8) is 0 Å². The number of hydrogen-bond acceptors (Lipinski definition) is 3. The lowest BCUT2D eigenvalue weighted by Gasteiger charge is -2.24. The lowest BCUT2D eigenvalue weighted by molar-refractivity contribution is -0.0534. The fourth-order valence-corrected chi connectivity index (χ4v) is 2.03. The molecule has 3 heteroatoms. The first-order valence-corrected chi connectivity index (χ1v) is 5.39. The summed E-state index contributed by atoms with van der Waals surface area (Å²) in [5, 5.41) is 3.31. The third-order valence-corrected chi connectivity index (χ3v) is 2.82. The summed E-state index contributed by atoms with van der Waals surface area (Å²) in [6.07, 6.45) is 5.99. The minimum absolute atomic E-state index is 0.286. The summed E-state index contributed by atoms with van der Waals surface area (Å²) >= 11 is 0. The molecule has 1 atom stereocenters. The van der Waals surface area contributed by atoms with E-state index in [0.29, 0.717) is 6.10 Å². The molecule has 1 saturated heterocycles. The van der Waals surface area contributed by atoms with Gasteiger partial charge in [0.1, 0.15) is 0 Å². The third kappa shape index (κ3) is 2.93. The van der Waals surface area contributed by atoms with Crippen molar-refractivity contribution in [3.8, 4) is 0 Å². The normalized spacial score (nSPS) is 30.9. The van der Waals surface area contributed by atoms with Gasteiger partial charge in [0.15, 0.2) is 0 Å². The molecule has 13 heavy (non-hydrogen) atoms. The van der Waals surface area contributed by atoms with Crippen molar-refractivity contribution in [2.24, 2.45) is 0 Å². The summed E-state index contributed by atoms with van der Waals surface area (Å²) in [6.45, 7) is 3.54. The van der Waals surface area contributed by atoms with E-state index in [-0.39, 0.29) is 6.10 Å². The molecule has 0 aromatic rings. The van der Waals surface area contributed by atoms with E-state index in [1.165, 1.54) is 25.7 Å². The molecule has 0 spiro atoms. The van der Waals surface area contributed by atoms with Gasteiger partial charge in [-0.2, -0.15) is 0 Å². The lowest BCUT2D eigenvalue weighted by atomic mass is 10.3. The van der Waals surface area contributed by atoms with E-state index >= 15 is 0 Å². The highest BCUT2D eigenvalue weighted by Gasteiger charge is 2.19. The molecule has 3 nitrogen and oxygen atoms in total. The lowest BCUT2D eigenvalue weighted by Crippen LogP contribution is -2.41. The van der Waals surface area contributed by atoms with E-state index in [4.69, 9.17) is 9.47 Å². The van der Waals surface area contributed by atoms with Crippen LogP contribution in [0, 0.1) is 0 Å². The Balaban J connectivity index is 1.60. The summed E-state index contributed by atoms with van der Waals surface area (Å²) in [4.78, 5) is 0. The number of rotatable bonds is 3. The Morgan fingerprint density at radius 1 is 1.31 bits per heavy atom. The molecule has 1 saturated carbocycles. The zero-order valence-corrected chi connectivity index (χ0v) is 8.13. The quantitative estimate of drug-likeness (QED) is 0.709. The summed E-state index contributed by atoms with van der Waals surface area (Å²) in [6, 6.07) is 0. The number of morpholine rings is 1. The molecular formula is C10H19NO2. The molecule has 2 fully saturated rings. The van der Waals surface area contributed by atoms with Gasteiger partial charge >= 0.3 is 0 Å². The van der Waals surface area contributed by atoms with Gasteiger partial charge in [0.2, 0.25) is 0 Å². The second-order valence-corrected chi connectivity index (χ2v) is 3.94. The Hall–Kier alpha value is -0.120. The van der Waals surface area contributed by atoms with Gasteiger partial charge in [0, 0.05) is 13.1 Å². The molecule has 1 heterocycles. The highest BCUT2D eigenvalue weighted by atomic mass is 16.5. The first kappa shape index (κ1) is 9.44. The summed E-state index contributed by atoms with van der Waals surface area (Å²) in [5.41, 5.74) is 0. The fraction of sp³-hybridized carbons (Fsp3) is 1.00. The Morgan fingerprint density at radius 3 is 2.85 bits per heavy atom. The molecule has 1 aliphatic carbocycles. The van der Waals surface area contributed by atoms with Crippen LogP contribution in [0.25, 0.3) is 0 Å². The number of nitrogens with one attached hydrogen (secondary N) is 1. The fourth-order valence-electron chi connectivity index (χ4n) is 2.03. The molecule has 0 unspecified atom stereocenters. The van der Waals surface area contributed by atoms with Gasteiger partial charge in [0.25, 0.3) is 0 Å². The van der Waals surface area contributed by atoms with Crippen LogP contribution in [0.1, 0.15) is 25.7 Å². The average Bonchev–Trinajstić information content (AvgIpc) is 2.69. The maximum absolute atomic E-state index is 5.78. The molecule has 76 valence electrons. The van der Waals surface area contributed by atoms with Crippen LogP contribution in [-0.4, -0.2) is 38.5 Å². The van der Waals surface area contributed by atoms with Crippen LogP contribution in [0.4, 0.5) is 0 Å². The van der Waals surface area contributed by atoms with Gasteiger partial charge in [-0.15, -0.1) is 0 Å². The van der Waals surface area contributed by atoms with Crippen LogP contribution >= 0.6 is 0 Å². The highest BCUT2D eigenvalue weighted by Crippen LogP contribution is 2.21. The topological polar surface area (TPSA) is 30.5 Å². The van der Waals surface area contributed by atoms with Gasteiger partial charge in [-0.25, -0.2) is 0 Å². The van der Waals surface area contributed by atoms with E-state index in [2.05, 4.69) is 5.32 Å². The average molecular weight is 185 g/mol. The van der Waals surface area contributed by atoms with Crippen molar-refractivity contribution < 1.29 is 9.47 Å². The molecule has 2 rings (SSSR count). The zero-order chi connectivity index (χ0) is 8.93. The van der Waals surface area contributed by atoms with Crippen molar-refractivity contribution in [3.05, 3.63) is 0 Å². The van der Waals surface area contributed by atoms with Crippen LogP contribution in [0.2, 0.25) is 0 Å². The van der Waals surface area contributed by atoms with Crippen LogP contribution < -0.4 is 5.32 Å². The highest BCUT2D eigenvalue weighted by molar-refractivity contribution is 4.70. The van der Waals surface area contributed by atoms with Gasteiger partial charge < -0.3 is 14.8 Å². The third-order valence-electron chi connectivity index (χ3n) is 2.82. The maximum Gasteiger partial charge on any atom is 0.0933 e. The zero-order valence-electron chi connectivity index (χ0n) is 8.13. The molecular weight excluding hydrogens is 166 g/mol. The van der Waals surface area contributed by atoms with E-state index < -0.39 is 0 Å². The van der Waals surface area contributed by atoms with Gasteiger partial charge in [0.05, 0.1) is 25.4 Å². The van der Waals surface area contributed by atoms with E-state index in [1.807, 2.05) is 0 Å². The van der Waals surface area contributed by atoms with E-state index in [0.717, 1.165) is 26.3 Å². The van der Waals surface area contributed by atoms with Crippen molar-refractivity contribution in [2.75, 3.05) is 26.3 Å². The maximum atomic E-state index is 5.78. The van der Waals surface area contributed by atoms with Gasteiger partial charge in [-0.3, -0.25) is 0 Å². The number of hydrogen-bond donors (Lipinski definition) is 1. The SMILES string of the molecule is C1CCC(OC[C@H]2CNCCO2)C1. The molecule has 0 aromatic heterocycles. The Bertz CT molecular complexity index is 140. The van der Waals surface area contributed by atoms with Crippen molar-refractivity contribution in [1.29, 1.82) is 0 Å². The van der Waals surface area contributed by atoms with Gasteiger partial charge in [-0.1, -0.05) is 12.8 Å². The molecule has 2 aliphatic rings. The molecule has 0 aromatic carbocycles. The minimum Gasteiger partial charge on any atom is -0.375 e. The Morgan fingerprint density at radius 2 is 2.15 bits per heavy atom. The standard InChI is InChI=1S/C10H19NO2/c1-2-4-9(3-1)13-8-10-7-11-5-6-12-10/h9-11H,1-8H2/t10-/m1/s1. The van der Waals surface area contributed by atoms with Crippen LogP contribution in [-0.2, 0) is 9.47 Å². The molecule has 1 N–H and O–H groups in total. The summed E-state index contributed by atoms with van der Waals surface area (Å²) < 4.78 is 11.3. The largest absolute Gasteiger partial charge is 0.375 e. The van der Waals surface area contributed by atoms with Crippen molar-refractivity contribution in [2.45, 2.75) is 37.9 Å². The Kier molecular flexibility index (Phi) is 3.58. The molecule has 0 radical (unpaired) electrons. The van der Waals surface area contributed by atoms with Crippen LogP contribution in [0.5, 0.6) is 0 Å². The first-order valence-electron chi connectivity index (χ1n) is 5.39. The second-order valence-electron chi connectivity index (χ2n) is 3.94. The Labute approximate surface area is 79.8 Å². The molecule has 0 bridgehead atoms. The monoisotopic (exact) mass is 185 g/mol. The van der Waals surface area contributed by atoms with E-state index in [9.17, 15) is 0 Å². The van der Waals surface area contributed by atoms with E-state index in [1.54, 1.807) is 0 Å². The minimum atomic E-state index is 0.286. The van der Waals surface area contributed by atoms with Crippen molar-refractivity contribution >= 4 is 0 Å². The van der Waals surface area contributed by atoms with Crippen LogP contribution in [0.3, 0.4) is 0 Å².